The molecule has 0 atom stereocenters. The largest absolute Gasteiger partial charge is 0.383 e. The van der Waals surface area contributed by atoms with Crippen molar-refractivity contribution in [1.29, 1.82) is 0 Å². The second-order valence-electron chi connectivity index (χ2n) is 13.7. The number of anilines is 4. The van der Waals surface area contributed by atoms with Crippen LogP contribution in [0.25, 0.3) is 44.3 Å². The van der Waals surface area contributed by atoms with E-state index in [2.05, 4.69) is 168 Å². The number of aromatic nitrogens is 2. The van der Waals surface area contributed by atoms with E-state index in [9.17, 15) is 0 Å². The van der Waals surface area contributed by atoms with Crippen molar-refractivity contribution in [2.45, 2.75) is 0 Å². The molecule has 50 heavy (non-hydrogen) atoms. The van der Waals surface area contributed by atoms with Gasteiger partial charge in [-0.05, 0) is 76.7 Å². The standard InChI is InChI=1S/C42H48N8/c1-47(2)23-21-43-41-29-39(45-37-11-7-5-9-35(37)41)31-13-17-33(18-14-31)49-25-27-50(28-26-49)34-19-15-32(16-20-34)40-30-42(44-22-24-48(3)4)36-10-6-8-12-38(36)46-40/h5-20,29-30H,21-28H2,1-4H3,(H,43,45)(H,44,46). The average Bonchev–Trinajstić information content (AvgIpc) is 3.14. The van der Waals surface area contributed by atoms with Crippen molar-refractivity contribution < 1.29 is 0 Å². The van der Waals surface area contributed by atoms with Gasteiger partial charge in [-0.3, -0.25) is 0 Å². The fraction of sp³-hybridized carbons (Fsp3) is 0.286. The van der Waals surface area contributed by atoms with Crippen molar-refractivity contribution in [2.24, 2.45) is 0 Å². The van der Waals surface area contributed by atoms with Gasteiger partial charge in [0.05, 0.1) is 22.4 Å². The third kappa shape index (κ3) is 7.67. The first-order valence-corrected chi connectivity index (χ1v) is 17.7. The van der Waals surface area contributed by atoms with Crippen LogP contribution in [-0.2, 0) is 0 Å². The molecule has 0 radical (unpaired) electrons. The summed E-state index contributed by atoms with van der Waals surface area (Å²) in [7, 11) is 8.40. The van der Waals surface area contributed by atoms with Crippen LogP contribution in [0.2, 0.25) is 0 Å². The molecule has 1 aliphatic rings. The van der Waals surface area contributed by atoms with Gasteiger partial charge >= 0.3 is 0 Å². The second kappa shape index (κ2) is 15.2. The van der Waals surface area contributed by atoms with Crippen LogP contribution in [0, 0.1) is 0 Å². The number of benzene rings is 4. The van der Waals surface area contributed by atoms with Gasteiger partial charge in [0.25, 0.3) is 0 Å². The SMILES string of the molecule is CN(C)CCNc1cc(-c2ccc(N3CCN(c4ccc(-c5cc(NCCN(C)C)c6ccccc6n5)cc4)CC3)cc2)nc2ccccc12. The molecule has 2 aromatic heterocycles. The highest BCUT2D eigenvalue weighted by atomic mass is 15.3. The van der Waals surface area contributed by atoms with Crippen LogP contribution in [0.5, 0.6) is 0 Å². The first-order valence-electron chi connectivity index (χ1n) is 17.7. The van der Waals surface area contributed by atoms with Crippen LogP contribution in [0.15, 0.2) is 109 Å². The summed E-state index contributed by atoms with van der Waals surface area (Å²) in [4.78, 5) is 19.4. The minimum atomic E-state index is 0.882. The lowest BCUT2D eigenvalue weighted by Gasteiger charge is -2.37. The number of likely N-dealkylation sites (N-methyl/N-ethyl adjacent to an activating group) is 2. The molecule has 4 aromatic carbocycles. The topological polar surface area (TPSA) is 62.8 Å². The smallest absolute Gasteiger partial charge is 0.0730 e. The highest BCUT2D eigenvalue weighted by Gasteiger charge is 2.18. The van der Waals surface area contributed by atoms with E-state index in [1.807, 2.05) is 0 Å². The van der Waals surface area contributed by atoms with E-state index in [4.69, 9.17) is 9.97 Å². The normalized spacial score (nSPS) is 13.5. The molecule has 1 saturated heterocycles. The van der Waals surface area contributed by atoms with Crippen LogP contribution in [0.1, 0.15) is 0 Å². The van der Waals surface area contributed by atoms with Gasteiger partial charge in [-0.1, -0.05) is 60.7 Å². The fourth-order valence-corrected chi connectivity index (χ4v) is 6.68. The van der Waals surface area contributed by atoms with Crippen molar-refractivity contribution in [2.75, 3.05) is 101 Å². The van der Waals surface area contributed by atoms with Gasteiger partial charge in [-0.15, -0.1) is 0 Å². The monoisotopic (exact) mass is 664 g/mol. The molecule has 7 rings (SSSR count). The summed E-state index contributed by atoms with van der Waals surface area (Å²) in [5, 5.41) is 9.58. The molecule has 8 nitrogen and oxygen atoms in total. The Morgan fingerprint density at radius 3 is 1.28 bits per heavy atom. The fourth-order valence-electron chi connectivity index (χ4n) is 6.68. The van der Waals surface area contributed by atoms with E-state index in [1.54, 1.807) is 0 Å². The first kappa shape index (κ1) is 33.3. The summed E-state index contributed by atoms with van der Waals surface area (Å²) in [6, 6.07) is 39.0. The summed E-state index contributed by atoms with van der Waals surface area (Å²) in [6.07, 6.45) is 0. The number of pyridine rings is 2. The van der Waals surface area contributed by atoms with Gasteiger partial charge in [-0.25, -0.2) is 9.97 Å². The van der Waals surface area contributed by atoms with E-state index in [0.717, 1.165) is 108 Å². The molecule has 0 unspecified atom stereocenters. The second-order valence-corrected chi connectivity index (χ2v) is 13.7. The minimum absolute atomic E-state index is 0.882. The van der Waals surface area contributed by atoms with Gasteiger partial charge < -0.3 is 30.2 Å². The molecular formula is C42H48N8. The third-order valence-electron chi connectivity index (χ3n) is 9.52. The number of nitrogens with zero attached hydrogens (tertiary/aromatic N) is 6. The molecular weight excluding hydrogens is 617 g/mol. The molecule has 2 N–H and O–H groups in total. The summed E-state index contributed by atoms with van der Waals surface area (Å²) < 4.78 is 0. The predicted molar refractivity (Wildman–Crippen MR) is 213 cm³/mol. The van der Waals surface area contributed by atoms with Crippen molar-refractivity contribution in [1.82, 2.24) is 19.8 Å². The number of piperazine rings is 1. The van der Waals surface area contributed by atoms with Crippen LogP contribution in [-0.4, -0.2) is 100 Å². The Labute approximate surface area is 296 Å². The molecule has 256 valence electrons. The molecule has 6 aromatic rings. The number of para-hydroxylation sites is 2. The van der Waals surface area contributed by atoms with Gasteiger partial charge in [0.2, 0.25) is 0 Å². The number of fused-ring (bicyclic) bond motifs is 2. The number of nitrogens with one attached hydrogen (secondary N) is 2. The zero-order valence-electron chi connectivity index (χ0n) is 29.7. The van der Waals surface area contributed by atoms with Gasteiger partial charge in [0.15, 0.2) is 0 Å². The maximum absolute atomic E-state index is 5.02. The van der Waals surface area contributed by atoms with Gasteiger partial charge in [0, 0.05) is 97.0 Å². The summed E-state index contributed by atoms with van der Waals surface area (Å²) in [6.45, 7) is 7.61. The van der Waals surface area contributed by atoms with Crippen molar-refractivity contribution in [3.63, 3.8) is 0 Å². The Hall–Kier alpha value is -5.18. The molecule has 0 aliphatic carbocycles. The van der Waals surface area contributed by atoms with E-state index < -0.39 is 0 Å². The maximum Gasteiger partial charge on any atom is 0.0730 e. The number of hydrogen-bond acceptors (Lipinski definition) is 8. The van der Waals surface area contributed by atoms with Crippen LogP contribution >= 0.6 is 0 Å². The molecule has 0 saturated carbocycles. The summed E-state index contributed by atoms with van der Waals surface area (Å²) in [5.41, 5.74) is 11.0. The molecule has 3 heterocycles. The molecule has 0 amide bonds. The van der Waals surface area contributed by atoms with E-state index in [-0.39, 0.29) is 0 Å². The zero-order valence-corrected chi connectivity index (χ0v) is 29.7. The van der Waals surface area contributed by atoms with Crippen molar-refractivity contribution in [3.05, 3.63) is 109 Å². The Kier molecular flexibility index (Phi) is 10.1. The Balaban J connectivity index is 1.00. The van der Waals surface area contributed by atoms with Crippen LogP contribution < -0.4 is 20.4 Å². The highest BCUT2D eigenvalue weighted by molar-refractivity contribution is 5.95. The average molecular weight is 665 g/mol. The van der Waals surface area contributed by atoms with Crippen molar-refractivity contribution >= 4 is 44.6 Å². The van der Waals surface area contributed by atoms with Crippen LogP contribution in [0.4, 0.5) is 22.7 Å². The summed E-state index contributed by atoms with van der Waals surface area (Å²) >= 11 is 0. The first-order chi connectivity index (χ1) is 24.4. The number of hydrogen-bond donors (Lipinski definition) is 2. The number of rotatable bonds is 12. The van der Waals surface area contributed by atoms with E-state index in [1.165, 1.54) is 11.4 Å². The zero-order chi connectivity index (χ0) is 34.5. The Morgan fingerprint density at radius 1 is 0.520 bits per heavy atom. The van der Waals surface area contributed by atoms with Gasteiger partial charge in [-0.2, -0.15) is 0 Å². The van der Waals surface area contributed by atoms with E-state index >= 15 is 0 Å². The molecule has 0 bridgehead atoms. The predicted octanol–water partition coefficient (Wildman–Crippen LogP) is 7.39. The molecule has 0 spiro atoms. The lowest BCUT2D eigenvalue weighted by molar-refractivity contribution is 0.425. The van der Waals surface area contributed by atoms with Gasteiger partial charge in [0.1, 0.15) is 0 Å². The van der Waals surface area contributed by atoms with Crippen LogP contribution in [0.3, 0.4) is 0 Å². The quantitative estimate of drug-likeness (QED) is 0.141. The maximum atomic E-state index is 5.02. The lowest BCUT2D eigenvalue weighted by Crippen LogP contribution is -2.46. The molecule has 1 fully saturated rings. The third-order valence-corrected chi connectivity index (χ3v) is 9.52. The Morgan fingerprint density at radius 2 is 0.900 bits per heavy atom. The van der Waals surface area contributed by atoms with E-state index in [0.29, 0.717) is 0 Å². The minimum Gasteiger partial charge on any atom is -0.383 e. The lowest BCUT2D eigenvalue weighted by atomic mass is 10.1. The highest BCUT2D eigenvalue weighted by Crippen LogP contribution is 2.32. The molecule has 8 heteroatoms. The Bertz CT molecular complexity index is 1880. The summed E-state index contributed by atoms with van der Waals surface area (Å²) in [5.74, 6) is 0. The van der Waals surface area contributed by atoms with Crippen molar-refractivity contribution in [3.8, 4) is 22.5 Å². The molecule has 1 aliphatic heterocycles.